The van der Waals surface area contributed by atoms with Gasteiger partial charge in [0.05, 0.1) is 0 Å². The number of unbranched alkanes of at least 4 members (excludes halogenated alkanes) is 32. The van der Waals surface area contributed by atoms with E-state index in [9.17, 15) is 14.4 Å². The predicted octanol–water partition coefficient (Wildman–Crippen LogP) is 15.9. The molecule has 332 valence electrons. The van der Waals surface area contributed by atoms with Crippen molar-refractivity contribution in [3.05, 3.63) is 0 Å². The summed E-state index contributed by atoms with van der Waals surface area (Å²) in [5.74, 6) is -0.0401. The van der Waals surface area contributed by atoms with Gasteiger partial charge >= 0.3 is 17.9 Å². The zero-order valence-electron chi connectivity index (χ0n) is 38.1. The van der Waals surface area contributed by atoms with Gasteiger partial charge in [-0.1, -0.05) is 240 Å². The highest BCUT2D eigenvalue weighted by molar-refractivity contribution is 5.71. The Labute approximate surface area is 348 Å². The summed E-state index contributed by atoms with van der Waals surface area (Å²) < 4.78 is 16.8. The molecule has 0 aliphatic rings. The van der Waals surface area contributed by atoms with Crippen LogP contribution in [0.4, 0.5) is 0 Å². The molecule has 0 aromatic carbocycles. The van der Waals surface area contributed by atoms with Gasteiger partial charge in [-0.05, 0) is 25.2 Å². The molecule has 0 saturated carbocycles. The summed E-state index contributed by atoms with van der Waals surface area (Å²) in [7, 11) is 0. The molecule has 0 amide bonds. The number of carbonyl (C=O) groups excluding carboxylic acids is 3. The average molecular weight is 793 g/mol. The zero-order chi connectivity index (χ0) is 41.0. The molecule has 0 saturated heterocycles. The fourth-order valence-electron chi connectivity index (χ4n) is 7.51. The fourth-order valence-corrected chi connectivity index (χ4v) is 7.51. The van der Waals surface area contributed by atoms with Crippen LogP contribution >= 0.6 is 0 Å². The lowest BCUT2D eigenvalue weighted by Crippen LogP contribution is -2.30. The highest BCUT2D eigenvalue weighted by atomic mass is 16.6. The van der Waals surface area contributed by atoms with E-state index < -0.39 is 6.10 Å². The summed E-state index contributed by atoms with van der Waals surface area (Å²) in [6.07, 6.45) is 45.1. The van der Waals surface area contributed by atoms with Gasteiger partial charge in [-0.15, -0.1) is 0 Å². The highest BCUT2D eigenvalue weighted by Crippen LogP contribution is 2.17. The highest BCUT2D eigenvalue weighted by Gasteiger charge is 2.19. The maximum Gasteiger partial charge on any atom is 0.306 e. The van der Waals surface area contributed by atoms with E-state index in [0.29, 0.717) is 19.3 Å². The van der Waals surface area contributed by atoms with Crippen LogP contribution in [0.3, 0.4) is 0 Å². The lowest BCUT2D eigenvalue weighted by molar-refractivity contribution is -0.167. The second kappa shape index (κ2) is 44.5. The number of ether oxygens (including phenoxy) is 3. The van der Waals surface area contributed by atoms with Gasteiger partial charge in [-0.25, -0.2) is 0 Å². The number of hydrogen-bond donors (Lipinski definition) is 0. The van der Waals surface area contributed by atoms with Gasteiger partial charge < -0.3 is 14.2 Å². The first-order valence-corrected chi connectivity index (χ1v) is 24.9. The first-order valence-electron chi connectivity index (χ1n) is 24.9. The fraction of sp³-hybridized carbons (Fsp3) is 0.940. The number of rotatable bonds is 45. The molecule has 6 heteroatoms. The molecule has 0 aliphatic heterocycles. The van der Waals surface area contributed by atoms with Crippen LogP contribution in [0, 0.1) is 5.92 Å². The topological polar surface area (TPSA) is 78.9 Å². The summed E-state index contributed by atoms with van der Waals surface area (Å²) in [5.41, 5.74) is 0. The van der Waals surface area contributed by atoms with E-state index in [2.05, 4.69) is 27.7 Å². The van der Waals surface area contributed by atoms with Crippen LogP contribution in [0.15, 0.2) is 0 Å². The van der Waals surface area contributed by atoms with Gasteiger partial charge in [0.1, 0.15) is 13.2 Å². The van der Waals surface area contributed by atoms with Crippen LogP contribution in [-0.2, 0) is 28.6 Å². The summed E-state index contributed by atoms with van der Waals surface area (Å²) in [4.78, 5) is 37.8. The third-order valence-corrected chi connectivity index (χ3v) is 11.3. The summed E-state index contributed by atoms with van der Waals surface area (Å²) in [6.45, 7) is 8.99. The van der Waals surface area contributed by atoms with Gasteiger partial charge in [0.25, 0.3) is 0 Å². The molecule has 0 bridgehead atoms. The first kappa shape index (κ1) is 54.4. The van der Waals surface area contributed by atoms with Crippen molar-refractivity contribution in [2.24, 2.45) is 5.92 Å². The Morgan fingerprint density at radius 3 is 0.875 bits per heavy atom. The minimum atomic E-state index is -0.760. The molecule has 0 unspecified atom stereocenters. The molecule has 0 spiro atoms. The molecule has 0 rings (SSSR count). The van der Waals surface area contributed by atoms with Crippen LogP contribution in [0.1, 0.15) is 278 Å². The molecule has 0 aromatic rings. The van der Waals surface area contributed by atoms with Gasteiger partial charge in [0, 0.05) is 19.3 Å². The van der Waals surface area contributed by atoms with Gasteiger partial charge in [-0.3, -0.25) is 14.4 Å². The zero-order valence-corrected chi connectivity index (χ0v) is 38.1. The monoisotopic (exact) mass is 793 g/mol. The maximum absolute atomic E-state index is 12.7. The lowest BCUT2D eigenvalue weighted by atomic mass is 10.0. The summed E-state index contributed by atoms with van der Waals surface area (Å²) >= 11 is 0. The molecule has 0 aromatic heterocycles. The number of hydrogen-bond acceptors (Lipinski definition) is 6. The molecule has 0 fully saturated rings. The molecular weight excluding hydrogens is 697 g/mol. The van der Waals surface area contributed by atoms with Crippen molar-refractivity contribution in [2.75, 3.05) is 13.2 Å². The van der Waals surface area contributed by atoms with Crippen LogP contribution < -0.4 is 0 Å². The smallest absolute Gasteiger partial charge is 0.306 e. The number of carbonyl (C=O) groups is 3. The molecule has 0 radical (unpaired) electrons. The Morgan fingerprint density at radius 2 is 0.589 bits per heavy atom. The van der Waals surface area contributed by atoms with Crippen LogP contribution in [0.25, 0.3) is 0 Å². The third-order valence-electron chi connectivity index (χ3n) is 11.3. The summed E-state index contributed by atoms with van der Waals surface area (Å²) in [6, 6.07) is 0. The molecular formula is C50H96O6. The van der Waals surface area contributed by atoms with Crippen molar-refractivity contribution in [1.29, 1.82) is 0 Å². The standard InChI is InChI=1S/C50H96O6/c1-5-7-9-11-13-15-17-18-19-20-22-25-29-33-37-41-48(51)54-44-47(56-50(53)43-39-35-31-26-21-16-14-12-10-8-6-2)45-55-49(52)42-38-34-30-27-23-24-28-32-36-40-46(3)4/h46-47H,5-45H2,1-4H3/t47-/m1/s1. The van der Waals surface area contributed by atoms with Crippen LogP contribution in [0.5, 0.6) is 0 Å². The Balaban J connectivity index is 4.29. The first-order chi connectivity index (χ1) is 27.4. The molecule has 0 aliphatic carbocycles. The third kappa shape index (κ3) is 43.5. The SMILES string of the molecule is CCCCCCCCCCCCCCCCCC(=O)OC[C@H](COC(=O)CCCCCCCCCCCC(C)C)OC(=O)CCCCCCCCCCCCC. The number of esters is 3. The van der Waals surface area contributed by atoms with E-state index in [1.54, 1.807) is 0 Å². The Morgan fingerprint density at radius 1 is 0.339 bits per heavy atom. The van der Waals surface area contributed by atoms with Crippen molar-refractivity contribution in [2.45, 2.75) is 284 Å². The predicted molar refractivity (Wildman–Crippen MR) is 238 cm³/mol. The van der Waals surface area contributed by atoms with Gasteiger partial charge in [-0.2, -0.15) is 0 Å². The Bertz CT molecular complexity index is 841. The van der Waals surface area contributed by atoms with Crippen molar-refractivity contribution in [3.63, 3.8) is 0 Å². The quantitative estimate of drug-likeness (QED) is 0.0347. The van der Waals surface area contributed by atoms with E-state index in [0.717, 1.165) is 63.7 Å². The molecule has 6 nitrogen and oxygen atoms in total. The van der Waals surface area contributed by atoms with E-state index >= 15 is 0 Å². The van der Waals surface area contributed by atoms with Crippen molar-refractivity contribution >= 4 is 17.9 Å². The van der Waals surface area contributed by atoms with E-state index in [-0.39, 0.29) is 31.1 Å². The lowest BCUT2D eigenvalue weighted by Gasteiger charge is -2.18. The van der Waals surface area contributed by atoms with Crippen molar-refractivity contribution in [3.8, 4) is 0 Å². The average Bonchev–Trinajstić information content (AvgIpc) is 3.18. The largest absolute Gasteiger partial charge is 0.462 e. The molecule has 0 heterocycles. The maximum atomic E-state index is 12.7. The van der Waals surface area contributed by atoms with E-state index in [1.807, 2.05) is 0 Å². The normalized spacial score (nSPS) is 11.9. The van der Waals surface area contributed by atoms with E-state index in [1.165, 1.54) is 173 Å². The second-order valence-electron chi connectivity index (χ2n) is 17.6. The molecule has 0 N–H and O–H groups in total. The second-order valence-corrected chi connectivity index (χ2v) is 17.6. The van der Waals surface area contributed by atoms with E-state index in [4.69, 9.17) is 14.2 Å². The van der Waals surface area contributed by atoms with Crippen molar-refractivity contribution < 1.29 is 28.6 Å². The van der Waals surface area contributed by atoms with Crippen LogP contribution in [-0.4, -0.2) is 37.2 Å². The minimum absolute atomic E-state index is 0.0632. The summed E-state index contributed by atoms with van der Waals surface area (Å²) in [5, 5.41) is 0. The minimum Gasteiger partial charge on any atom is -0.462 e. The van der Waals surface area contributed by atoms with Gasteiger partial charge in [0.15, 0.2) is 6.10 Å². The van der Waals surface area contributed by atoms with Crippen LogP contribution in [0.2, 0.25) is 0 Å². The van der Waals surface area contributed by atoms with Crippen molar-refractivity contribution in [1.82, 2.24) is 0 Å². The van der Waals surface area contributed by atoms with Gasteiger partial charge in [0.2, 0.25) is 0 Å². The Hall–Kier alpha value is -1.59. The Kier molecular flexibility index (Phi) is 43.2. The molecule has 1 atom stereocenters. The molecule has 56 heavy (non-hydrogen) atoms.